The van der Waals surface area contributed by atoms with E-state index in [1.807, 2.05) is 12.1 Å². The molecule has 0 aliphatic heterocycles. The molecule has 0 aliphatic carbocycles. The number of amides is 1. The molecule has 0 aliphatic rings. The molecule has 0 fully saturated rings. The first-order valence-corrected chi connectivity index (χ1v) is 5.87. The lowest BCUT2D eigenvalue weighted by atomic mass is 10.2. The molecule has 4 nitrogen and oxygen atoms in total. The first kappa shape index (κ1) is 12.8. The van der Waals surface area contributed by atoms with Gasteiger partial charge in [0, 0.05) is 18.2 Å². The summed E-state index contributed by atoms with van der Waals surface area (Å²) in [7, 11) is 3.19. The molecule has 0 aromatic heterocycles. The zero-order valence-corrected chi connectivity index (χ0v) is 10.8. The van der Waals surface area contributed by atoms with E-state index in [0.717, 1.165) is 11.3 Å². The van der Waals surface area contributed by atoms with Gasteiger partial charge in [-0.25, -0.2) is 0 Å². The molecular formula is C11H14BrNO3. The van der Waals surface area contributed by atoms with E-state index in [9.17, 15) is 4.79 Å². The first-order valence-electron chi connectivity index (χ1n) is 4.74. The van der Waals surface area contributed by atoms with Crippen molar-refractivity contribution >= 4 is 21.8 Å². The summed E-state index contributed by atoms with van der Waals surface area (Å²) in [5, 5.41) is 3.05. The van der Waals surface area contributed by atoms with E-state index in [-0.39, 0.29) is 5.91 Å². The number of hydrogen-bond acceptors (Lipinski definition) is 3. The molecule has 16 heavy (non-hydrogen) atoms. The van der Waals surface area contributed by atoms with Gasteiger partial charge >= 0.3 is 0 Å². The van der Waals surface area contributed by atoms with Crippen LogP contribution in [0, 0.1) is 0 Å². The van der Waals surface area contributed by atoms with Crippen molar-refractivity contribution in [1.82, 2.24) is 5.32 Å². The van der Waals surface area contributed by atoms with Crippen molar-refractivity contribution in [3.63, 3.8) is 0 Å². The number of ether oxygens (including phenoxy) is 2. The molecule has 1 aromatic carbocycles. The van der Waals surface area contributed by atoms with Crippen molar-refractivity contribution in [2.75, 3.05) is 19.5 Å². The Morgan fingerprint density at radius 2 is 2.12 bits per heavy atom. The van der Waals surface area contributed by atoms with Gasteiger partial charge in [-0.15, -0.1) is 0 Å². The molecule has 1 N–H and O–H groups in total. The fourth-order valence-corrected chi connectivity index (χ4v) is 1.44. The van der Waals surface area contributed by atoms with Gasteiger partial charge in [-0.05, 0) is 12.1 Å². The molecule has 0 heterocycles. The summed E-state index contributed by atoms with van der Waals surface area (Å²) in [6.07, 6.45) is 0. The molecule has 0 bridgehead atoms. The van der Waals surface area contributed by atoms with Crippen molar-refractivity contribution in [2.45, 2.75) is 6.54 Å². The number of rotatable bonds is 5. The van der Waals surface area contributed by atoms with Gasteiger partial charge in [0.25, 0.3) is 0 Å². The molecule has 1 amide bonds. The van der Waals surface area contributed by atoms with Gasteiger partial charge in [0.1, 0.15) is 11.5 Å². The minimum Gasteiger partial charge on any atom is -0.497 e. The summed E-state index contributed by atoms with van der Waals surface area (Å²) >= 11 is 3.08. The van der Waals surface area contributed by atoms with E-state index in [1.54, 1.807) is 20.3 Å². The first-order chi connectivity index (χ1) is 7.71. The number of alkyl halides is 1. The van der Waals surface area contributed by atoms with E-state index in [2.05, 4.69) is 21.2 Å². The topological polar surface area (TPSA) is 47.6 Å². The third kappa shape index (κ3) is 3.41. The summed E-state index contributed by atoms with van der Waals surface area (Å²) in [6.45, 7) is 0.442. The third-order valence-corrected chi connectivity index (χ3v) is 2.60. The Labute approximate surface area is 103 Å². The Morgan fingerprint density at radius 1 is 1.38 bits per heavy atom. The summed E-state index contributed by atoms with van der Waals surface area (Å²) in [5.74, 6) is 1.37. The van der Waals surface area contributed by atoms with E-state index in [4.69, 9.17) is 9.47 Å². The highest BCUT2D eigenvalue weighted by Crippen LogP contribution is 2.24. The normalized spacial score (nSPS) is 9.69. The largest absolute Gasteiger partial charge is 0.497 e. The number of benzene rings is 1. The van der Waals surface area contributed by atoms with Gasteiger partial charge < -0.3 is 14.8 Å². The minimum absolute atomic E-state index is 0.0575. The van der Waals surface area contributed by atoms with Crippen LogP contribution < -0.4 is 14.8 Å². The Kier molecular flexibility index (Phi) is 5.11. The van der Waals surface area contributed by atoms with Crippen LogP contribution in [-0.2, 0) is 11.3 Å². The molecule has 0 saturated heterocycles. The monoisotopic (exact) mass is 287 g/mol. The highest BCUT2D eigenvalue weighted by molar-refractivity contribution is 9.09. The highest BCUT2D eigenvalue weighted by atomic mass is 79.9. The lowest BCUT2D eigenvalue weighted by molar-refractivity contribution is -0.118. The zero-order valence-electron chi connectivity index (χ0n) is 9.25. The van der Waals surface area contributed by atoms with Crippen LogP contribution in [0.1, 0.15) is 5.56 Å². The Morgan fingerprint density at radius 3 is 2.69 bits per heavy atom. The Hall–Kier alpha value is -1.23. The summed E-state index contributed by atoms with van der Waals surface area (Å²) in [6, 6.07) is 5.49. The number of halogens is 1. The minimum atomic E-state index is -0.0575. The van der Waals surface area contributed by atoms with Crippen LogP contribution in [-0.4, -0.2) is 25.5 Å². The van der Waals surface area contributed by atoms with Crippen LogP contribution in [0.15, 0.2) is 18.2 Å². The predicted octanol–water partition coefficient (Wildman–Crippen LogP) is 1.71. The lowest BCUT2D eigenvalue weighted by Crippen LogP contribution is -2.23. The van der Waals surface area contributed by atoms with Gasteiger partial charge in [-0.1, -0.05) is 15.9 Å². The maximum Gasteiger partial charge on any atom is 0.230 e. The number of methoxy groups -OCH3 is 2. The Bertz CT molecular complexity index is 368. The van der Waals surface area contributed by atoms with E-state index >= 15 is 0 Å². The average Bonchev–Trinajstić information content (AvgIpc) is 2.35. The summed E-state index contributed by atoms with van der Waals surface area (Å²) in [4.78, 5) is 11.1. The maximum atomic E-state index is 11.1. The van der Waals surface area contributed by atoms with Crippen molar-refractivity contribution in [3.05, 3.63) is 23.8 Å². The van der Waals surface area contributed by atoms with E-state index < -0.39 is 0 Å². The molecular weight excluding hydrogens is 274 g/mol. The fraction of sp³-hybridized carbons (Fsp3) is 0.364. The van der Waals surface area contributed by atoms with Gasteiger partial charge in [-0.2, -0.15) is 0 Å². The van der Waals surface area contributed by atoms with Crippen molar-refractivity contribution in [3.8, 4) is 11.5 Å². The van der Waals surface area contributed by atoms with Gasteiger partial charge in [0.15, 0.2) is 0 Å². The molecule has 0 saturated carbocycles. The van der Waals surface area contributed by atoms with E-state index in [0.29, 0.717) is 17.6 Å². The number of carbonyl (C=O) groups excluding carboxylic acids is 1. The van der Waals surface area contributed by atoms with Gasteiger partial charge in [-0.3, -0.25) is 4.79 Å². The molecule has 0 radical (unpaired) electrons. The second kappa shape index (κ2) is 6.37. The standard InChI is InChI=1S/C11H14BrNO3/c1-15-9-4-3-8(10(5-9)16-2)7-13-11(14)6-12/h3-5H,6-7H2,1-2H3,(H,13,14). The fourth-order valence-electron chi connectivity index (χ4n) is 1.24. The van der Waals surface area contributed by atoms with Crippen molar-refractivity contribution in [2.24, 2.45) is 0 Å². The van der Waals surface area contributed by atoms with Crippen LogP contribution >= 0.6 is 15.9 Å². The quantitative estimate of drug-likeness (QED) is 0.839. The second-order valence-electron chi connectivity index (χ2n) is 3.09. The van der Waals surface area contributed by atoms with Crippen LogP contribution in [0.2, 0.25) is 0 Å². The zero-order chi connectivity index (χ0) is 12.0. The molecule has 88 valence electrons. The molecule has 1 aromatic rings. The molecule has 0 atom stereocenters. The molecule has 0 spiro atoms. The summed E-state index contributed by atoms with van der Waals surface area (Å²) in [5.41, 5.74) is 0.914. The van der Waals surface area contributed by atoms with Crippen LogP contribution in [0.5, 0.6) is 11.5 Å². The number of carbonyl (C=O) groups is 1. The Balaban J connectivity index is 2.75. The second-order valence-corrected chi connectivity index (χ2v) is 3.65. The highest BCUT2D eigenvalue weighted by Gasteiger charge is 2.06. The van der Waals surface area contributed by atoms with Gasteiger partial charge in [0.2, 0.25) is 5.91 Å². The van der Waals surface area contributed by atoms with Crippen LogP contribution in [0.3, 0.4) is 0 Å². The van der Waals surface area contributed by atoms with Crippen molar-refractivity contribution in [1.29, 1.82) is 0 Å². The average molecular weight is 288 g/mol. The van der Waals surface area contributed by atoms with Gasteiger partial charge in [0.05, 0.1) is 19.5 Å². The van der Waals surface area contributed by atoms with Crippen LogP contribution in [0.4, 0.5) is 0 Å². The molecule has 1 rings (SSSR count). The number of nitrogens with one attached hydrogen (secondary N) is 1. The van der Waals surface area contributed by atoms with Crippen LogP contribution in [0.25, 0.3) is 0 Å². The van der Waals surface area contributed by atoms with Crippen molar-refractivity contribution < 1.29 is 14.3 Å². The third-order valence-electron chi connectivity index (χ3n) is 2.09. The lowest BCUT2D eigenvalue weighted by Gasteiger charge is -2.10. The SMILES string of the molecule is COc1ccc(CNC(=O)CBr)c(OC)c1. The molecule has 5 heteroatoms. The number of hydrogen-bond donors (Lipinski definition) is 1. The smallest absolute Gasteiger partial charge is 0.230 e. The van der Waals surface area contributed by atoms with E-state index in [1.165, 1.54) is 0 Å². The summed E-state index contributed by atoms with van der Waals surface area (Å²) < 4.78 is 10.3. The molecule has 0 unspecified atom stereocenters. The predicted molar refractivity (Wildman–Crippen MR) is 65.2 cm³/mol. The maximum absolute atomic E-state index is 11.1.